The van der Waals surface area contributed by atoms with Crippen LogP contribution < -0.4 is 10.5 Å². The zero-order valence-corrected chi connectivity index (χ0v) is 11.1. The van der Waals surface area contributed by atoms with E-state index in [1.807, 2.05) is 38.1 Å². The van der Waals surface area contributed by atoms with Crippen LogP contribution in [0.15, 0.2) is 24.3 Å². The third kappa shape index (κ3) is 2.99. The average Bonchev–Trinajstić information content (AvgIpc) is 2.35. The predicted octanol–water partition coefficient (Wildman–Crippen LogP) is 2.96. The SMILES string of the molecule is Cc1nc(-c2cccc(OC(C)C)c2)nc(N)c1F. The van der Waals surface area contributed by atoms with Gasteiger partial charge in [0.2, 0.25) is 0 Å². The van der Waals surface area contributed by atoms with Gasteiger partial charge in [-0.3, -0.25) is 0 Å². The lowest BCUT2D eigenvalue weighted by Gasteiger charge is -2.11. The van der Waals surface area contributed by atoms with Gasteiger partial charge in [0.05, 0.1) is 11.8 Å². The van der Waals surface area contributed by atoms with Gasteiger partial charge in [0.25, 0.3) is 0 Å². The molecule has 100 valence electrons. The van der Waals surface area contributed by atoms with Crippen LogP contribution in [0, 0.1) is 12.7 Å². The maximum Gasteiger partial charge on any atom is 0.186 e. The number of nitrogen functional groups attached to an aromatic ring is 1. The number of hydrogen-bond donors (Lipinski definition) is 1. The average molecular weight is 261 g/mol. The van der Waals surface area contributed by atoms with Gasteiger partial charge in [-0.25, -0.2) is 14.4 Å². The molecular formula is C14H16FN3O. The summed E-state index contributed by atoms with van der Waals surface area (Å²) in [5.41, 5.74) is 6.50. The fourth-order valence-electron chi connectivity index (χ4n) is 1.69. The lowest BCUT2D eigenvalue weighted by molar-refractivity contribution is 0.242. The Morgan fingerprint density at radius 1 is 1.26 bits per heavy atom. The maximum atomic E-state index is 13.4. The number of hydrogen-bond acceptors (Lipinski definition) is 4. The molecule has 0 aliphatic carbocycles. The molecule has 19 heavy (non-hydrogen) atoms. The van der Waals surface area contributed by atoms with Crippen LogP contribution in [0.5, 0.6) is 5.75 Å². The molecule has 4 nitrogen and oxygen atoms in total. The fraction of sp³-hybridized carbons (Fsp3) is 0.286. The van der Waals surface area contributed by atoms with Crippen molar-refractivity contribution in [3.05, 3.63) is 35.8 Å². The zero-order valence-electron chi connectivity index (χ0n) is 11.1. The van der Waals surface area contributed by atoms with Crippen LogP contribution >= 0.6 is 0 Å². The highest BCUT2D eigenvalue weighted by molar-refractivity contribution is 5.59. The summed E-state index contributed by atoms with van der Waals surface area (Å²) in [6.07, 6.45) is 0.0798. The van der Waals surface area contributed by atoms with Crippen LogP contribution in [0.4, 0.5) is 10.2 Å². The van der Waals surface area contributed by atoms with Crippen molar-refractivity contribution in [3.63, 3.8) is 0 Å². The van der Waals surface area contributed by atoms with E-state index in [0.29, 0.717) is 5.82 Å². The van der Waals surface area contributed by atoms with E-state index in [0.717, 1.165) is 11.3 Å². The van der Waals surface area contributed by atoms with Gasteiger partial charge < -0.3 is 10.5 Å². The molecule has 0 unspecified atom stereocenters. The summed E-state index contributed by atoms with van der Waals surface area (Å²) in [5.74, 6) is 0.401. The molecule has 0 radical (unpaired) electrons. The van der Waals surface area contributed by atoms with Gasteiger partial charge in [0.15, 0.2) is 17.5 Å². The minimum atomic E-state index is -0.571. The van der Waals surface area contributed by atoms with Crippen LogP contribution in [-0.4, -0.2) is 16.1 Å². The molecule has 0 atom stereocenters. The summed E-state index contributed by atoms with van der Waals surface area (Å²) in [6.45, 7) is 5.46. The zero-order chi connectivity index (χ0) is 14.0. The summed E-state index contributed by atoms with van der Waals surface area (Å²) < 4.78 is 19.0. The monoisotopic (exact) mass is 261 g/mol. The van der Waals surface area contributed by atoms with Gasteiger partial charge in [0, 0.05) is 5.56 Å². The van der Waals surface area contributed by atoms with E-state index in [1.165, 1.54) is 0 Å². The molecule has 0 bridgehead atoms. The Bertz CT molecular complexity index is 576. The van der Waals surface area contributed by atoms with E-state index >= 15 is 0 Å². The maximum absolute atomic E-state index is 13.4. The summed E-state index contributed by atoms with van der Waals surface area (Å²) in [6, 6.07) is 7.33. The Kier molecular flexibility index (Phi) is 3.64. The Morgan fingerprint density at radius 2 is 2.00 bits per heavy atom. The number of rotatable bonds is 3. The van der Waals surface area contributed by atoms with Crippen molar-refractivity contribution < 1.29 is 9.13 Å². The first-order chi connectivity index (χ1) is 8.97. The number of ether oxygens (including phenoxy) is 1. The van der Waals surface area contributed by atoms with E-state index in [2.05, 4.69) is 9.97 Å². The largest absolute Gasteiger partial charge is 0.491 e. The van der Waals surface area contributed by atoms with Crippen molar-refractivity contribution in [1.29, 1.82) is 0 Å². The second-order valence-corrected chi connectivity index (χ2v) is 4.53. The van der Waals surface area contributed by atoms with Gasteiger partial charge >= 0.3 is 0 Å². The molecule has 5 heteroatoms. The van der Waals surface area contributed by atoms with Gasteiger partial charge in [0.1, 0.15) is 5.75 Å². The van der Waals surface area contributed by atoms with E-state index in [4.69, 9.17) is 10.5 Å². The van der Waals surface area contributed by atoms with Crippen molar-refractivity contribution in [2.45, 2.75) is 26.9 Å². The van der Waals surface area contributed by atoms with Gasteiger partial charge in [-0.15, -0.1) is 0 Å². The van der Waals surface area contributed by atoms with E-state index in [-0.39, 0.29) is 17.6 Å². The van der Waals surface area contributed by atoms with E-state index in [1.54, 1.807) is 6.92 Å². The lowest BCUT2D eigenvalue weighted by atomic mass is 10.2. The summed E-state index contributed by atoms with van der Waals surface area (Å²) in [4.78, 5) is 8.06. The number of aryl methyl sites for hydroxylation is 1. The smallest absolute Gasteiger partial charge is 0.186 e. The minimum Gasteiger partial charge on any atom is -0.491 e. The topological polar surface area (TPSA) is 61.0 Å². The second kappa shape index (κ2) is 5.22. The highest BCUT2D eigenvalue weighted by Gasteiger charge is 2.10. The summed E-state index contributed by atoms with van der Waals surface area (Å²) >= 11 is 0. The molecule has 0 spiro atoms. The molecule has 2 N–H and O–H groups in total. The molecule has 2 aromatic rings. The normalized spacial score (nSPS) is 10.8. The second-order valence-electron chi connectivity index (χ2n) is 4.53. The van der Waals surface area contributed by atoms with Gasteiger partial charge in [-0.1, -0.05) is 12.1 Å². The van der Waals surface area contributed by atoms with Crippen molar-refractivity contribution in [3.8, 4) is 17.1 Å². The third-order valence-corrected chi connectivity index (χ3v) is 2.51. The molecule has 1 aromatic heterocycles. The predicted molar refractivity (Wildman–Crippen MR) is 72.3 cm³/mol. The Morgan fingerprint density at radius 3 is 2.63 bits per heavy atom. The van der Waals surface area contributed by atoms with Gasteiger partial charge in [-0.2, -0.15) is 0 Å². The highest BCUT2D eigenvalue weighted by Crippen LogP contribution is 2.23. The van der Waals surface area contributed by atoms with E-state index < -0.39 is 5.82 Å². The van der Waals surface area contributed by atoms with Crippen LogP contribution in [-0.2, 0) is 0 Å². The van der Waals surface area contributed by atoms with Gasteiger partial charge in [-0.05, 0) is 32.9 Å². The molecule has 0 amide bonds. The van der Waals surface area contributed by atoms with Crippen LogP contribution in [0.3, 0.4) is 0 Å². The van der Waals surface area contributed by atoms with E-state index in [9.17, 15) is 4.39 Å². The molecule has 2 rings (SSSR count). The molecule has 0 saturated heterocycles. The number of anilines is 1. The third-order valence-electron chi connectivity index (χ3n) is 2.51. The van der Waals surface area contributed by atoms with Crippen molar-refractivity contribution in [2.75, 3.05) is 5.73 Å². The first-order valence-electron chi connectivity index (χ1n) is 6.04. The van der Waals surface area contributed by atoms with Crippen LogP contribution in [0.1, 0.15) is 19.5 Å². The number of nitrogens with zero attached hydrogens (tertiary/aromatic N) is 2. The summed E-state index contributed by atoms with van der Waals surface area (Å²) in [5, 5.41) is 0. The molecule has 0 fully saturated rings. The summed E-state index contributed by atoms with van der Waals surface area (Å²) in [7, 11) is 0. The van der Waals surface area contributed by atoms with Crippen molar-refractivity contribution in [2.24, 2.45) is 0 Å². The number of halogens is 1. The molecule has 0 aliphatic rings. The first kappa shape index (κ1) is 13.3. The molecular weight excluding hydrogens is 245 g/mol. The number of aromatic nitrogens is 2. The molecule has 0 saturated carbocycles. The first-order valence-corrected chi connectivity index (χ1v) is 6.04. The Labute approximate surface area is 111 Å². The minimum absolute atomic E-state index is 0.0798. The number of benzene rings is 1. The fourth-order valence-corrected chi connectivity index (χ4v) is 1.69. The lowest BCUT2D eigenvalue weighted by Crippen LogP contribution is -2.06. The quantitative estimate of drug-likeness (QED) is 0.922. The standard InChI is InChI=1S/C14H16FN3O/c1-8(2)19-11-6-4-5-10(7-11)14-17-9(3)12(15)13(16)18-14/h4-8H,1-3H3,(H2,16,17,18). The Balaban J connectivity index is 2.41. The van der Waals surface area contributed by atoms with Crippen molar-refractivity contribution in [1.82, 2.24) is 9.97 Å². The molecule has 0 aliphatic heterocycles. The number of nitrogens with two attached hydrogens (primary N) is 1. The Hall–Kier alpha value is -2.17. The highest BCUT2D eigenvalue weighted by atomic mass is 19.1. The van der Waals surface area contributed by atoms with Crippen LogP contribution in [0.2, 0.25) is 0 Å². The molecule has 1 aromatic carbocycles. The van der Waals surface area contributed by atoms with Crippen molar-refractivity contribution >= 4 is 5.82 Å². The van der Waals surface area contributed by atoms with Crippen LogP contribution in [0.25, 0.3) is 11.4 Å². The molecule has 1 heterocycles.